The first-order valence-corrected chi connectivity index (χ1v) is 10.3. The van der Waals surface area contributed by atoms with Gasteiger partial charge < -0.3 is 19.0 Å². The molecule has 7 nitrogen and oxygen atoms in total. The fourth-order valence-corrected chi connectivity index (χ4v) is 5.56. The van der Waals surface area contributed by atoms with Crippen LogP contribution in [0.25, 0.3) is 0 Å². The number of nitrogens with zero attached hydrogens (tertiary/aromatic N) is 3. The summed E-state index contributed by atoms with van der Waals surface area (Å²) in [6, 6.07) is 1.82. The second-order valence-electron chi connectivity index (χ2n) is 8.47. The summed E-state index contributed by atoms with van der Waals surface area (Å²) in [6.45, 7) is 8.46. The molecule has 0 saturated carbocycles. The number of likely N-dealkylation sites (tertiary alicyclic amines) is 1. The Morgan fingerprint density at radius 1 is 1.46 bits per heavy atom. The molecule has 5 rings (SSSR count). The van der Waals surface area contributed by atoms with Gasteiger partial charge in [-0.1, -0.05) is 0 Å². The number of ether oxygens (including phenoxy) is 1. The molecule has 2 aromatic heterocycles. The number of carbonyl (C=O) groups is 1. The molecule has 2 bridgehead atoms. The van der Waals surface area contributed by atoms with Crippen molar-refractivity contribution in [1.29, 1.82) is 0 Å². The van der Waals surface area contributed by atoms with Gasteiger partial charge in [-0.3, -0.25) is 9.69 Å². The fraction of sp³-hybridized carbons (Fsp3) is 0.619. The van der Waals surface area contributed by atoms with Crippen LogP contribution in [-0.2, 0) is 17.8 Å². The Morgan fingerprint density at radius 2 is 2.36 bits per heavy atom. The minimum absolute atomic E-state index is 0.0374. The van der Waals surface area contributed by atoms with E-state index in [1.54, 1.807) is 6.26 Å². The lowest BCUT2D eigenvalue weighted by molar-refractivity contribution is 0.00186. The number of hydrogen-bond acceptors (Lipinski definition) is 5. The van der Waals surface area contributed by atoms with Crippen LogP contribution in [0.2, 0.25) is 0 Å². The van der Waals surface area contributed by atoms with Crippen molar-refractivity contribution in [3.05, 3.63) is 41.9 Å². The summed E-state index contributed by atoms with van der Waals surface area (Å²) in [5.74, 6) is 2.24. The maximum absolute atomic E-state index is 12.5. The molecule has 5 heterocycles. The van der Waals surface area contributed by atoms with Gasteiger partial charge in [0.25, 0.3) is 5.91 Å². The smallest absolute Gasteiger partial charge is 0.287 e. The molecule has 0 aromatic carbocycles. The zero-order valence-corrected chi connectivity index (χ0v) is 16.6. The van der Waals surface area contributed by atoms with Crippen molar-refractivity contribution in [2.45, 2.75) is 51.5 Å². The Bertz CT molecular complexity index is 875. The first kappa shape index (κ1) is 17.9. The van der Waals surface area contributed by atoms with Crippen LogP contribution >= 0.6 is 0 Å². The number of amides is 1. The van der Waals surface area contributed by atoms with Crippen molar-refractivity contribution in [3.63, 3.8) is 0 Å². The van der Waals surface area contributed by atoms with Gasteiger partial charge in [0.05, 0.1) is 24.5 Å². The Morgan fingerprint density at radius 3 is 3.14 bits per heavy atom. The van der Waals surface area contributed by atoms with Crippen molar-refractivity contribution in [2.24, 2.45) is 11.8 Å². The van der Waals surface area contributed by atoms with Crippen LogP contribution in [0.1, 0.15) is 41.7 Å². The van der Waals surface area contributed by atoms with E-state index in [2.05, 4.69) is 26.7 Å². The molecule has 28 heavy (non-hydrogen) atoms. The summed E-state index contributed by atoms with van der Waals surface area (Å²) in [4.78, 5) is 19.5. The molecular formula is C21H28N4O3. The maximum Gasteiger partial charge on any atom is 0.287 e. The van der Waals surface area contributed by atoms with Crippen LogP contribution in [-0.4, -0.2) is 51.7 Å². The lowest BCUT2D eigenvalue weighted by Gasteiger charge is -2.29. The molecule has 0 radical (unpaired) electrons. The largest absolute Gasteiger partial charge is 0.459 e. The van der Waals surface area contributed by atoms with Crippen LogP contribution in [0, 0.1) is 18.8 Å². The SMILES string of the molecule is CCn1ccnc1CN1C[C@@H]2[C@H](CNC(=O)c3occc3C)[C@H]3CC[C@]2(C1)O3. The van der Waals surface area contributed by atoms with Gasteiger partial charge in [-0.15, -0.1) is 0 Å². The number of aryl methyl sites for hydroxylation is 2. The Balaban J connectivity index is 1.26. The highest BCUT2D eigenvalue weighted by atomic mass is 16.5. The zero-order chi connectivity index (χ0) is 19.3. The van der Waals surface area contributed by atoms with Crippen LogP contribution in [0.15, 0.2) is 29.1 Å². The molecule has 3 aliphatic heterocycles. The molecule has 1 spiro atoms. The number of nitrogens with one attached hydrogen (secondary N) is 1. The number of carbonyl (C=O) groups excluding carboxylic acids is 1. The predicted octanol–water partition coefficient (Wildman–Crippen LogP) is 2.21. The van der Waals surface area contributed by atoms with E-state index in [1.165, 1.54) is 0 Å². The first-order valence-electron chi connectivity index (χ1n) is 10.3. The van der Waals surface area contributed by atoms with Crippen LogP contribution in [0.5, 0.6) is 0 Å². The molecule has 150 valence electrons. The average molecular weight is 384 g/mol. The van der Waals surface area contributed by atoms with E-state index in [9.17, 15) is 4.79 Å². The van der Waals surface area contributed by atoms with E-state index >= 15 is 0 Å². The Labute approximate surface area is 165 Å². The number of imidazole rings is 1. The van der Waals surface area contributed by atoms with E-state index in [-0.39, 0.29) is 17.6 Å². The third kappa shape index (κ3) is 2.79. The molecule has 1 N–H and O–H groups in total. The van der Waals surface area contributed by atoms with Crippen molar-refractivity contribution in [1.82, 2.24) is 19.8 Å². The summed E-state index contributed by atoms with van der Waals surface area (Å²) >= 11 is 0. The molecule has 7 heteroatoms. The van der Waals surface area contributed by atoms with Crippen LogP contribution in [0.3, 0.4) is 0 Å². The highest BCUT2D eigenvalue weighted by Crippen LogP contribution is 2.54. The minimum atomic E-state index is -0.126. The third-order valence-corrected chi connectivity index (χ3v) is 6.93. The van der Waals surface area contributed by atoms with Gasteiger partial charge in [-0.05, 0) is 32.8 Å². The number of furan rings is 1. The molecule has 1 amide bonds. The summed E-state index contributed by atoms with van der Waals surface area (Å²) in [5, 5.41) is 3.09. The second-order valence-corrected chi connectivity index (χ2v) is 8.47. The zero-order valence-electron chi connectivity index (χ0n) is 16.6. The minimum Gasteiger partial charge on any atom is -0.459 e. The van der Waals surface area contributed by atoms with Gasteiger partial charge in [0.1, 0.15) is 5.82 Å². The molecule has 2 aromatic rings. The number of aromatic nitrogens is 2. The number of rotatable bonds is 6. The average Bonchev–Trinajstić information content (AvgIpc) is 3.46. The van der Waals surface area contributed by atoms with Gasteiger partial charge in [0, 0.05) is 56.0 Å². The summed E-state index contributed by atoms with van der Waals surface area (Å²) in [5.41, 5.74) is 0.834. The lowest BCUT2D eigenvalue weighted by atomic mass is 9.73. The normalized spacial score (nSPS) is 31.4. The third-order valence-electron chi connectivity index (χ3n) is 6.93. The maximum atomic E-state index is 12.5. The quantitative estimate of drug-likeness (QED) is 0.827. The molecule has 3 saturated heterocycles. The lowest BCUT2D eigenvalue weighted by Crippen LogP contribution is -2.41. The fourth-order valence-electron chi connectivity index (χ4n) is 5.56. The number of hydrogen-bond donors (Lipinski definition) is 1. The van der Waals surface area contributed by atoms with Crippen molar-refractivity contribution < 1.29 is 13.9 Å². The van der Waals surface area contributed by atoms with Crippen molar-refractivity contribution in [3.8, 4) is 0 Å². The summed E-state index contributed by atoms with van der Waals surface area (Å²) < 4.78 is 14.0. The van der Waals surface area contributed by atoms with Crippen molar-refractivity contribution in [2.75, 3.05) is 19.6 Å². The van der Waals surface area contributed by atoms with Crippen LogP contribution in [0.4, 0.5) is 0 Å². The number of fused-ring (bicyclic) bond motifs is 1. The Hall–Kier alpha value is -2.12. The van der Waals surface area contributed by atoms with Gasteiger partial charge >= 0.3 is 0 Å². The van der Waals surface area contributed by atoms with Gasteiger partial charge in [-0.2, -0.15) is 0 Å². The molecule has 0 aliphatic carbocycles. The molecule has 3 aliphatic rings. The monoisotopic (exact) mass is 384 g/mol. The van der Waals surface area contributed by atoms with E-state index < -0.39 is 0 Å². The van der Waals surface area contributed by atoms with E-state index in [0.29, 0.717) is 24.1 Å². The predicted molar refractivity (Wildman–Crippen MR) is 103 cm³/mol. The van der Waals surface area contributed by atoms with Crippen molar-refractivity contribution >= 4 is 5.91 Å². The van der Waals surface area contributed by atoms with Crippen LogP contribution < -0.4 is 5.32 Å². The highest BCUT2D eigenvalue weighted by molar-refractivity contribution is 5.92. The van der Waals surface area contributed by atoms with Gasteiger partial charge in [0.2, 0.25) is 0 Å². The van der Waals surface area contributed by atoms with E-state index in [1.807, 2.05) is 25.4 Å². The highest BCUT2D eigenvalue weighted by Gasteiger charge is 2.62. The van der Waals surface area contributed by atoms with Gasteiger partial charge in [0.15, 0.2) is 5.76 Å². The molecule has 0 unspecified atom stereocenters. The molecular weight excluding hydrogens is 356 g/mol. The topological polar surface area (TPSA) is 72.5 Å². The van der Waals surface area contributed by atoms with E-state index in [4.69, 9.17) is 9.15 Å². The molecule has 4 atom stereocenters. The molecule has 3 fully saturated rings. The second kappa shape index (κ2) is 6.74. The standard InChI is InChI=1S/C21H28N4O3/c1-3-25-8-7-22-18(25)12-24-11-16-15(17-4-6-21(16,13-24)28-17)10-23-20(26)19-14(2)5-9-27-19/h5,7-9,15-17H,3-4,6,10-13H2,1-2H3,(H,23,26)/t15-,16+,17+,21+/m0/s1. The summed E-state index contributed by atoms with van der Waals surface area (Å²) in [7, 11) is 0. The van der Waals surface area contributed by atoms with E-state index in [0.717, 1.165) is 50.4 Å². The first-order chi connectivity index (χ1) is 13.6. The summed E-state index contributed by atoms with van der Waals surface area (Å²) in [6.07, 6.45) is 7.97. The van der Waals surface area contributed by atoms with Gasteiger partial charge in [-0.25, -0.2) is 4.98 Å². The Kier molecular flexibility index (Phi) is 4.32.